The summed E-state index contributed by atoms with van der Waals surface area (Å²) in [5.74, 6) is 0.806. The molecule has 4 nitrogen and oxygen atoms in total. The van der Waals surface area contributed by atoms with Crippen LogP contribution in [0.1, 0.15) is 0 Å². The molecule has 0 saturated carbocycles. The molecule has 1 unspecified atom stereocenters. The van der Waals surface area contributed by atoms with Gasteiger partial charge in [0.05, 0.1) is 12.0 Å². The van der Waals surface area contributed by atoms with Gasteiger partial charge in [-0.2, -0.15) is 0 Å². The molecule has 0 aliphatic heterocycles. The molecule has 3 aromatic rings. The van der Waals surface area contributed by atoms with Gasteiger partial charge in [0.15, 0.2) is 5.58 Å². The van der Waals surface area contributed by atoms with Gasteiger partial charge in [-0.25, -0.2) is 4.98 Å². The first-order valence-corrected chi connectivity index (χ1v) is 7.23. The normalized spacial score (nSPS) is 12.5. The highest BCUT2D eigenvalue weighted by Gasteiger charge is 2.09. The van der Waals surface area contributed by atoms with Crippen molar-refractivity contribution in [1.29, 1.82) is 0 Å². The molecule has 5 heteroatoms. The maximum absolute atomic E-state index is 9.46. The smallest absolute Gasteiger partial charge is 0.227 e. The molecule has 0 aliphatic rings. The third-order valence-corrected chi connectivity index (χ3v) is 3.48. The summed E-state index contributed by atoms with van der Waals surface area (Å²) in [4.78, 5) is 4.50. The van der Waals surface area contributed by atoms with Crippen molar-refractivity contribution in [3.05, 3.63) is 48.5 Å². The van der Waals surface area contributed by atoms with E-state index in [-0.39, 0.29) is 5.88 Å². The van der Waals surface area contributed by atoms with Gasteiger partial charge in [0.1, 0.15) is 5.52 Å². The van der Waals surface area contributed by atoms with Crippen LogP contribution >= 0.6 is 11.6 Å². The quantitative estimate of drug-likeness (QED) is 0.708. The number of hydrogen-bond donors (Lipinski definition) is 2. The number of rotatable bonds is 5. The molecule has 3 rings (SSSR count). The number of oxazole rings is 1. The molecule has 108 valence electrons. The SMILES string of the molecule is OC(CCl)CNc1ccc2oc(-c3ccccc3)nc2c1. The minimum atomic E-state index is -0.570. The largest absolute Gasteiger partial charge is 0.436 e. The molecular weight excluding hydrogens is 288 g/mol. The molecule has 0 aliphatic carbocycles. The number of alkyl halides is 1. The third-order valence-electron chi connectivity index (χ3n) is 3.13. The molecule has 0 spiro atoms. The Hall–Kier alpha value is -2.04. The Balaban J connectivity index is 1.85. The third kappa shape index (κ3) is 3.17. The second kappa shape index (κ2) is 6.16. The number of aliphatic hydroxyl groups is 1. The van der Waals surface area contributed by atoms with Crippen molar-refractivity contribution in [3.8, 4) is 11.5 Å². The van der Waals surface area contributed by atoms with Gasteiger partial charge in [0, 0.05) is 17.8 Å². The number of fused-ring (bicyclic) bond motifs is 1. The molecule has 21 heavy (non-hydrogen) atoms. The minimum Gasteiger partial charge on any atom is -0.436 e. The van der Waals surface area contributed by atoms with Crippen LogP contribution in [0.25, 0.3) is 22.6 Å². The van der Waals surface area contributed by atoms with E-state index >= 15 is 0 Å². The fourth-order valence-electron chi connectivity index (χ4n) is 2.03. The number of halogens is 1. The number of aromatic nitrogens is 1. The van der Waals surface area contributed by atoms with Gasteiger partial charge < -0.3 is 14.8 Å². The fraction of sp³-hybridized carbons (Fsp3) is 0.188. The van der Waals surface area contributed by atoms with Gasteiger partial charge in [-0.15, -0.1) is 11.6 Å². The molecular formula is C16H15ClN2O2. The summed E-state index contributed by atoms with van der Waals surface area (Å²) >= 11 is 5.57. The Labute approximate surface area is 127 Å². The summed E-state index contributed by atoms with van der Waals surface area (Å²) in [7, 11) is 0. The molecule has 0 amide bonds. The standard InChI is InChI=1S/C16H15ClN2O2/c17-9-13(20)10-18-12-6-7-15-14(8-12)19-16(21-15)11-4-2-1-3-5-11/h1-8,13,18,20H,9-10H2. The van der Waals surface area contributed by atoms with E-state index in [9.17, 15) is 5.11 Å². The Morgan fingerprint density at radius 2 is 2.00 bits per heavy atom. The lowest BCUT2D eigenvalue weighted by Crippen LogP contribution is -2.20. The highest BCUT2D eigenvalue weighted by molar-refractivity contribution is 6.18. The number of aliphatic hydroxyl groups excluding tert-OH is 1. The molecule has 1 aromatic heterocycles. The van der Waals surface area contributed by atoms with Crippen molar-refractivity contribution < 1.29 is 9.52 Å². The van der Waals surface area contributed by atoms with Gasteiger partial charge in [-0.3, -0.25) is 0 Å². The van der Waals surface area contributed by atoms with Crippen molar-refractivity contribution in [3.63, 3.8) is 0 Å². The maximum Gasteiger partial charge on any atom is 0.227 e. The summed E-state index contributed by atoms with van der Waals surface area (Å²) in [5, 5.41) is 12.6. The van der Waals surface area contributed by atoms with Crippen LogP contribution < -0.4 is 5.32 Å². The summed E-state index contributed by atoms with van der Waals surface area (Å²) < 4.78 is 5.75. The number of hydrogen-bond acceptors (Lipinski definition) is 4. The van der Waals surface area contributed by atoms with Crippen LogP contribution in [0.15, 0.2) is 52.9 Å². The van der Waals surface area contributed by atoms with Crippen LogP contribution in [0, 0.1) is 0 Å². The van der Waals surface area contributed by atoms with Crippen molar-refractivity contribution in [2.75, 3.05) is 17.7 Å². The second-order valence-corrected chi connectivity index (χ2v) is 5.07. The van der Waals surface area contributed by atoms with Crippen LogP contribution in [0.5, 0.6) is 0 Å². The van der Waals surface area contributed by atoms with Crippen LogP contribution in [0.2, 0.25) is 0 Å². The van der Waals surface area contributed by atoms with Gasteiger partial charge in [-0.05, 0) is 30.3 Å². The lowest BCUT2D eigenvalue weighted by atomic mass is 10.2. The Kier molecular flexibility index (Phi) is 4.08. The molecule has 2 N–H and O–H groups in total. The van der Waals surface area contributed by atoms with Crippen molar-refractivity contribution in [2.45, 2.75) is 6.10 Å². The average Bonchev–Trinajstić information content (AvgIpc) is 2.96. The highest BCUT2D eigenvalue weighted by Crippen LogP contribution is 2.25. The number of nitrogens with one attached hydrogen (secondary N) is 1. The van der Waals surface area contributed by atoms with Crippen LogP contribution in [-0.4, -0.2) is 28.6 Å². The zero-order valence-electron chi connectivity index (χ0n) is 11.3. The second-order valence-electron chi connectivity index (χ2n) is 4.76. The van der Waals surface area contributed by atoms with E-state index in [4.69, 9.17) is 16.0 Å². The summed E-state index contributed by atoms with van der Waals surface area (Å²) in [6.45, 7) is 0.401. The molecule has 0 saturated heterocycles. The van der Waals surface area contributed by atoms with E-state index in [0.717, 1.165) is 22.4 Å². The average molecular weight is 303 g/mol. The monoisotopic (exact) mass is 302 g/mol. The lowest BCUT2D eigenvalue weighted by molar-refractivity contribution is 0.211. The van der Waals surface area contributed by atoms with E-state index < -0.39 is 6.10 Å². The van der Waals surface area contributed by atoms with Crippen molar-refractivity contribution >= 4 is 28.4 Å². The predicted molar refractivity (Wildman–Crippen MR) is 84.7 cm³/mol. The number of anilines is 1. The van der Waals surface area contributed by atoms with Gasteiger partial charge in [-0.1, -0.05) is 18.2 Å². The molecule has 0 fully saturated rings. The van der Waals surface area contributed by atoms with Crippen LogP contribution in [0.4, 0.5) is 5.69 Å². The first kappa shape index (κ1) is 13.9. The van der Waals surface area contributed by atoms with E-state index in [1.807, 2.05) is 48.5 Å². The van der Waals surface area contributed by atoms with Gasteiger partial charge in [0.2, 0.25) is 5.89 Å². The highest BCUT2D eigenvalue weighted by atomic mass is 35.5. The Morgan fingerprint density at radius 3 is 2.76 bits per heavy atom. The van der Waals surface area contributed by atoms with E-state index in [2.05, 4.69) is 10.3 Å². The van der Waals surface area contributed by atoms with Crippen LogP contribution in [-0.2, 0) is 0 Å². The predicted octanol–water partition coefficient (Wildman–Crippen LogP) is 3.51. The molecule has 2 aromatic carbocycles. The number of benzene rings is 2. The summed E-state index contributed by atoms with van der Waals surface area (Å²) in [6, 6.07) is 15.4. The molecule has 1 atom stereocenters. The lowest BCUT2D eigenvalue weighted by Gasteiger charge is -2.09. The van der Waals surface area contributed by atoms with E-state index in [0.29, 0.717) is 12.4 Å². The maximum atomic E-state index is 9.46. The minimum absolute atomic E-state index is 0.206. The zero-order valence-corrected chi connectivity index (χ0v) is 12.0. The Bertz CT molecular complexity index is 727. The number of nitrogens with zero attached hydrogens (tertiary/aromatic N) is 1. The van der Waals surface area contributed by atoms with Gasteiger partial charge >= 0.3 is 0 Å². The summed E-state index contributed by atoms with van der Waals surface area (Å²) in [6.07, 6.45) is -0.570. The van der Waals surface area contributed by atoms with Crippen molar-refractivity contribution in [1.82, 2.24) is 4.98 Å². The molecule has 0 radical (unpaired) electrons. The first-order chi connectivity index (χ1) is 10.3. The Morgan fingerprint density at radius 1 is 1.19 bits per heavy atom. The zero-order chi connectivity index (χ0) is 14.7. The van der Waals surface area contributed by atoms with Crippen molar-refractivity contribution in [2.24, 2.45) is 0 Å². The molecule has 1 heterocycles. The fourth-order valence-corrected chi connectivity index (χ4v) is 2.14. The summed E-state index contributed by atoms with van der Waals surface area (Å²) in [5.41, 5.74) is 3.33. The van der Waals surface area contributed by atoms with Gasteiger partial charge in [0.25, 0.3) is 0 Å². The van der Waals surface area contributed by atoms with Crippen LogP contribution in [0.3, 0.4) is 0 Å². The first-order valence-electron chi connectivity index (χ1n) is 6.70. The van der Waals surface area contributed by atoms with E-state index in [1.165, 1.54) is 0 Å². The topological polar surface area (TPSA) is 58.3 Å². The van der Waals surface area contributed by atoms with E-state index in [1.54, 1.807) is 0 Å². The molecule has 0 bridgehead atoms.